The summed E-state index contributed by atoms with van der Waals surface area (Å²) in [6.07, 6.45) is -1.06. The molecule has 138 valence electrons. The lowest BCUT2D eigenvalue weighted by Gasteiger charge is -2.32. The Kier molecular flexibility index (Phi) is 5.51. The van der Waals surface area contributed by atoms with E-state index in [1.54, 1.807) is 36.4 Å². The normalized spacial score (nSPS) is 18.2. The molecule has 0 spiro atoms. The maximum absolute atomic E-state index is 11.7. The highest BCUT2D eigenvalue weighted by Gasteiger charge is 2.38. The number of carboxylic acids is 1. The average Bonchev–Trinajstić information content (AvgIpc) is 2.66. The molecule has 1 aliphatic rings. The Morgan fingerprint density at radius 3 is 2.42 bits per heavy atom. The summed E-state index contributed by atoms with van der Waals surface area (Å²) in [6.45, 7) is 4.95. The van der Waals surface area contributed by atoms with Gasteiger partial charge in [-0.05, 0) is 37.6 Å². The molecular formula is C20H22O6. The molecule has 6 heteroatoms. The van der Waals surface area contributed by atoms with Crippen molar-refractivity contribution in [3.63, 3.8) is 0 Å². The maximum atomic E-state index is 11.7. The number of aliphatic carboxylic acids is 1. The Labute approximate surface area is 152 Å². The topological polar surface area (TPSA) is 74.2 Å². The minimum absolute atomic E-state index is 0.420. The van der Waals surface area contributed by atoms with Crippen molar-refractivity contribution in [3.8, 4) is 23.0 Å². The predicted molar refractivity (Wildman–Crippen MR) is 95.3 cm³/mol. The van der Waals surface area contributed by atoms with Crippen LogP contribution in [0, 0.1) is 0 Å². The van der Waals surface area contributed by atoms with Crippen LogP contribution < -0.4 is 18.9 Å². The Morgan fingerprint density at radius 2 is 1.77 bits per heavy atom. The summed E-state index contributed by atoms with van der Waals surface area (Å²) in [5.41, 5.74) is 0.652. The van der Waals surface area contributed by atoms with E-state index in [9.17, 15) is 9.90 Å². The van der Waals surface area contributed by atoms with E-state index in [0.717, 1.165) is 6.42 Å². The third kappa shape index (κ3) is 3.69. The van der Waals surface area contributed by atoms with Crippen LogP contribution in [0.3, 0.4) is 0 Å². The van der Waals surface area contributed by atoms with E-state index >= 15 is 0 Å². The molecule has 0 radical (unpaired) electrons. The summed E-state index contributed by atoms with van der Waals surface area (Å²) in [4.78, 5) is 11.7. The molecule has 2 aromatic rings. The summed E-state index contributed by atoms with van der Waals surface area (Å²) >= 11 is 0. The van der Waals surface area contributed by atoms with Crippen LogP contribution in [0.2, 0.25) is 0 Å². The van der Waals surface area contributed by atoms with Crippen LogP contribution in [0.25, 0.3) is 0 Å². The van der Waals surface area contributed by atoms with E-state index < -0.39 is 18.2 Å². The second-order valence-corrected chi connectivity index (χ2v) is 5.85. The smallest absolute Gasteiger partial charge is 0.349 e. The first-order valence-electron chi connectivity index (χ1n) is 8.68. The monoisotopic (exact) mass is 358 g/mol. The van der Waals surface area contributed by atoms with Gasteiger partial charge in [-0.1, -0.05) is 25.1 Å². The molecule has 26 heavy (non-hydrogen) atoms. The second kappa shape index (κ2) is 7.99. The highest BCUT2D eigenvalue weighted by atomic mass is 16.6. The molecule has 1 heterocycles. The molecule has 1 N–H and O–H groups in total. The van der Waals surface area contributed by atoms with Gasteiger partial charge in [0.2, 0.25) is 6.10 Å². The zero-order valence-corrected chi connectivity index (χ0v) is 14.8. The van der Waals surface area contributed by atoms with E-state index in [1.807, 2.05) is 19.9 Å². The van der Waals surface area contributed by atoms with Crippen molar-refractivity contribution < 1.29 is 28.8 Å². The van der Waals surface area contributed by atoms with Crippen LogP contribution in [0.5, 0.6) is 23.0 Å². The SMILES string of the molecule is CCCOc1ccc(C2Oc3ccccc3OC2C(=O)O)cc1OCC. The molecule has 0 aromatic heterocycles. The minimum Gasteiger partial charge on any atom is -0.490 e. The first-order valence-corrected chi connectivity index (χ1v) is 8.68. The predicted octanol–water partition coefficient (Wildman–Crippen LogP) is 3.84. The van der Waals surface area contributed by atoms with Crippen molar-refractivity contribution in [2.45, 2.75) is 32.5 Å². The molecule has 2 atom stereocenters. The number of hydrogen-bond donors (Lipinski definition) is 1. The highest BCUT2D eigenvalue weighted by molar-refractivity contribution is 5.75. The highest BCUT2D eigenvalue weighted by Crippen LogP contribution is 2.41. The summed E-state index contributed by atoms with van der Waals surface area (Å²) < 4.78 is 23.0. The number of hydrogen-bond acceptors (Lipinski definition) is 5. The van der Waals surface area contributed by atoms with Gasteiger partial charge >= 0.3 is 5.97 Å². The second-order valence-electron chi connectivity index (χ2n) is 5.85. The molecule has 2 unspecified atom stereocenters. The first-order chi connectivity index (χ1) is 12.6. The molecule has 0 fully saturated rings. The Balaban J connectivity index is 1.95. The largest absolute Gasteiger partial charge is 0.490 e. The molecule has 0 saturated heterocycles. The van der Waals surface area contributed by atoms with Crippen molar-refractivity contribution in [2.75, 3.05) is 13.2 Å². The van der Waals surface area contributed by atoms with Gasteiger partial charge in [-0.2, -0.15) is 0 Å². The molecule has 6 nitrogen and oxygen atoms in total. The fourth-order valence-corrected chi connectivity index (χ4v) is 2.77. The zero-order chi connectivity index (χ0) is 18.5. The lowest BCUT2D eigenvalue weighted by molar-refractivity contribution is -0.151. The molecule has 0 amide bonds. The fraction of sp³-hybridized carbons (Fsp3) is 0.350. The van der Waals surface area contributed by atoms with Crippen molar-refractivity contribution in [3.05, 3.63) is 48.0 Å². The van der Waals surface area contributed by atoms with Gasteiger partial charge in [0.15, 0.2) is 29.1 Å². The summed E-state index contributed by atoms with van der Waals surface area (Å²) in [7, 11) is 0. The number of rotatable bonds is 7. The van der Waals surface area contributed by atoms with Crippen LogP contribution in [0.4, 0.5) is 0 Å². The Hall–Kier alpha value is -2.89. The minimum atomic E-state index is -1.15. The summed E-state index contributed by atoms with van der Waals surface area (Å²) in [5, 5.41) is 9.58. The van der Waals surface area contributed by atoms with Gasteiger partial charge in [0.25, 0.3) is 0 Å². The third-order valence-electron chi connectivity index (χ3n) is 3.93. The molecule has 0 aliphatic carbocycles. The van der Waals surface area contributed by atoms with Crippen LogP contribution >= 0.6 is 0 Å². The van der Waals surface area contributed by atoms with E-state index in [2.05, 4.69) is 0 Å². The van der Waals surface area contributed by atoms with Crippen molar-refractivity contribution in [1.82, 2.24) is 0 Å². The van der Waals surface area contributed by atoms with E-state index in [1.165, 1.54) is 0 Å². The molecular weight excluding hydrogens is 336 g/mol. The fourth-order valence-electron chi connectivity index (χ4n) is 2.77. The number of ether oxygens (including phenoxy) is 4. The van der Waals surface area contributed by atoms with Crippen molar-refractivity contribution >= 4 is 5.97 Å². The number of carboxylic acid groups (broad SMARTS) is 1. The molecule has 1 aliphatic heterocycles. The van der Waals surface area contributed by atoms with Gasteiger partial charge in [-0.25, -0.2) is 4.79 Å². The number of carbonyl (C=O) groups is 1. The van der Waals surface area contributed by atoms with Crippen LogP contribution in [-0.4, -0.2) is 30.4 Å². The Bertz CT molecular complexity index is 773. The third-order valence-corrected chi connectivity index (χ3v) is 3.93. The molecule has 0 bridgehead atoms. The summed E-state index contributed by atoms with van der Waals surface area (Å²) in [5.74, 6) is 1.03. The summed E-state index contributed by atoms with van der Waals surface area (Å²) in [6, 6.07) is 12.3. The molecule has 0 saturated carbocycles. The Morgan fingerprint density at radius 1 is 1.04 bits per heavy atom. The molecule has 3 rings (SSSR count). The van der Waals surface area contributed by atoms with Crippen molar-refractivity contribution in [2.24, 2.45) is 0 Å². The van der Waals surface area contributed by atoms with Gasteiger partial charge in [0.1, 0.15) is 0 Å². The quantitative estimate of drug-likeness (QED) is 0.811. The standard InChI is InChI=1S/C20H22O6/c1-3-11-24-14-10-9-13(12-17(14)23-4-2)18-19(20(21)22)26-16-8-6-5-7-15(16)25-18/h5-10,12,18-19H,3-4,11H2,1-2H3,(H,21,22). The zero-order valence-electron chi connectivity index (χ0n) is 14.8. The molecule has 2 aromatic carbocycles. The first kappa shape index (κ1) is 17.9. The van der Waals surface area contributed by atoms with E-state index in [0.29, 0.717) is 41.8 Å². The van der Waals surface area contributed by atoms with Crippen molar-refractivity contribution in [1.29, 1.82) is 0 Å². The van der Waals surface area contributed by atoms with Crippen LogP contribution in [0.15, 0.2) is 42.5 Å². The van der Waals surface area contributed by atoms with Gasteiger partial charge in [-0.3, -0.25) is 0 Å². The number of para-hydroxylation sites is 2. The van der Waals surface area contributed by atoms with Gasteiger partial charge < -0.3 is 24.1 Å². The maximum Gasteiger partial charge on any atom is 0.349 e. The van der Waals surface area contributed by atoms with Crippen LogP contribution in [-0.2, 0) is 4.79 Å². The average molecular weight is 358 g/mol. The van der Waals surface area contributed by atoms with Gasteiger partial charge in [0.05, 0.1) is 13.2 Å². The van der Waals surface area contributed by atoms with Gasteiger partial charge in [-0.15, -0.1) is 0 Å². The lowest BCUT2D eigenvalue weighted by atomic mass is 10.0. The number of benzene rings is 2. The van der Waals surface area contributed by atoms with Gasteiger partial charge in [0, 0.05) is 5.56 Å². The lowest BCUT2D eigenvalue weighted by Crippen LogP contribution is -2.39. The number of fused-ring (bicyclic) bond motifs is 1. The van der Waals surface area contributed by atoms with Crippen LogP contribution in [0.1, 0.15) is 31.9 Å². The van der Waals surface area contributed by atoms with E-state index in [-0.39, 0.29) is 0 Å². The van der Waals surface area contributed by atoms with E-state index in [4.69, 9.17) is 18.9 Å².